The van der Waals surface area contributed by atoms with Crippen molar-refractivity contribution in [2.24, 2.45) is 0 Å². The molecule has 0 saturated heterocycles. The summed E-state index contributed by atoms with van der Waals surface area (Å²) >= 11 is 3.43. The van der Waals surface area contributed by atoms with Gasteiger partial charge in [0.2, 0.25) is 0 Å². The molecule has 0 spiro atoms. The van der Waals surface area contributed by atoms with Crippen molar-refractivity contribution in [3.63, 3.8) is 0 Å². The van der Waals surface area contributed by atoms with Gasteiger partial charge < -0.3 is 20.3 Å². The van der Waals surface area contributed by atoms with Gasteiger partial charge in [-0.2, -0.15) is 0 Å². The SMILES string of the molecule is COc1ccc(NC(=O)C[NH+](C)CC(=O)Nc2ccc(Br)c(C)c2)cc1. The Morgan fingerprint density at radius 1 is 1.00 bits per heavy atom. The van der Waals surface area contributed by atoms with Crippen molar-refractivity contribution in [3.05, 3.63) is 52.5 Å². The molecule has 2 rings (SSSR count). The second kappa shape index (κ2) is 9.35. The standard InChI is InChI=1S/C19H22BrN3O3/c1-13-10-15(6-9-17(13)20)22-19(25)12-23(2)11-18(24)21-14-4-7-16(26-3)8-5-14/h4-10H,11-12H2,1-3H3,(H,21,24)(H,22,25)/p+1. The highest BCUT2D eigenvalue weighted by Gasteiger charge is 2.14. The van der Waals surface area contributed by atoms with Crippen molar-refractivity contribution in [2.75, 3.05) is 37.9 Å². The molecule has 0 saturated carbocycles. The Morgan fingerprint density at radius 2 is 1.54 bits per heavy atom. The van der Waals surface area contributed by atoms with Gasteiger partial charge in [0.25, 0.3) is 11.8 Å². The van der Waals surface area contributed by atoms with Crippen LogP contribution in [0.15, 0.2) is 46.9 Å². The quantitative estimate of drug-likeness (QED) is 0.639. The molecule has 0 fully saturated rings. The van der Waals surface area contributed by atoms with Gasteiger partial charge in [-0.1, -0.05) is 15.9 Å². The number of methoxy groups -OCH3 is 1. The van der Waals surface area contributed by atoms with Gasteiger partial charge in [-0.05, 0) is 55.0 Å². The topological polar surface area (TPSA) is 71.9 Å². The summed E-state index contributed by atoms with van der Waals surface area (Å²) in [5.74, 6) is 0.437. The van der Waals surface area contributed by atoms with Gasteiger partial charge in [0.15, 0.2) is 13.1 Å². The van der Waals surface area contributed by atoms with Crippen molar-refractivity contribution in [2.45, 2.75) is 6.92 Å². The predicted molar refractivity (Wildman–Crippen MR) is 106 cm³/mol. The van der Waals surface area contributed by atoms with Crippen LogP contribution in [0.4, 0.5) is 11.4 Å². The fourth-order valence-corrected chi connectivity index (χ4v) is 2.66. The van der Waals surface area contributed by atoms with Crippen LogP contribution in [0.5, 0.6) is 5.75 Å². The Bertz CT molecular complexity index is 778. The van der Waals surface area contributed by atoms with E-state index in [2.05, 4.69) is 26.6 Å². The maximum absolute atomic E-state index is 12.1. The molecule has 6 nitrogen and oxygen atoms in total. The summed E-state index contributed by atoms with van der Waals surface area (Å²) in [6, 6.07) is 12.7. The highest BCUT2D eigenvalue weighted by molar-refractivity contribution is 9.10. The Labute approximate surface area is 161 Å². The van der Waals surface area contributed by atoms with Gasteiger partial charge in [0, 0.05) is 15.8 Å². The summed E-state index contributed by atoms with van der Waals surface area (Å²) < 4.78 is 6.08. The highest BCUT2D eigenvalue weighted by Crippen LogP contribution is 2.19. The molecule has 1 atom stereocenters. The van der Waals surface area contributed by atoms with Crippen LogP contribution in [0.3, 0.4) is 0 Å². The number of carbonyl (C=O) groups excluding carboxylic acids is 2. The van der Waals surface area contributed by atoms with Gasteiger partial charge in [-0.3, -0.25) is 9.59 Å². The normalized spacial score (nSPS) is 11.5. The maximum Gasteiger partial charge on any atom is 0.279 e. The van der Waals surface area contributed by atoms with E-state index in [0.29, 0.717) is 5.69 Å². The van der Waals surface area contributed by atoms with Crippen molar-refractivity contribution in [1.82, 2.24) is 0 Å². The minimum Gasteiger partial charge on any atom is -0.497 e. The zero-order valence-electron chi connectivity index (χ0n) is 15.1. The Kier molecular flexibility index (Phi) is 7.17. The molecule has 0 heterocycles. The lowest BCUT2D eigenvalue weighted by molar-refractivity contribution is -0.862. The van der Waals surface area contributed by atoms with E-state index in [4.69, 9.17) is 4.74 Å². The number of aryl methyl sites for hydroxylation is 1. The van der Waals surface area contributed by atoms with E-state index in [1.807, 2.05) is 25.1 Å². The number of likely N-dealkylation sites (N-methyl/N-ethyl adjacent to an activating group) is 1. The third-order valence-corrected chi connectivity index (χ3v) is 4.63. The molecule has 2 aromatic carbocycles. The average Bonchev–Trinajstić information content (AvgIpc) is 2.58. The minimum atomic E-state index is -0.153. The minimum absolute atomic E-state index is 0.138. The van der Waals surface area contributed by atoms with Gasteiger partial charge in [0.05, 0.1) is 14.2 Å². The number of carbonyl (C=O) groups is 2. The second-order valence-corrected chi connectivity index (χ2v) is 6.95. The molecule has 0 radical (unpaired) electrons. The van der Waals surface area contributed by atoms with Crippen LogP contribution >= 0.6 is 15.9 Å². The van der Waals surface area contributed by atoms with Crippen LogP contribution in [-0.2, 0) is 9.59 Å². The smallest absolute Gasteiger partial charge is 0.279 e. The molecule has 0 aromatic heterocycles. The molecular formula is C19H23BrN3O3+. The van der Waals surface area contributed by atoms with Crippen molar-refractivity contribution in [1.29, 1.82) is 0 Å². The van der Waals surface area contributed by atoms with Crippen molar-refractivity contribution in [3.8, 4) is 5.75 Å². The summed E-state index contributed by atoms with van der Waals surface area (Å²) in [6.07, 6.45) is 0. The zero-order chi connectivity index (χ0) is 19.1. The third-order valence-electron chi connectivity index (χ3n) is 3.74. The first-order valence-corrected chi connectivity index (χ1v) is 8.98. The molecule has 0 bridgehead atoms. The fourth-order valence-electron chi connectivity index (χ4n) is 2.42. The largest absolute Gasteiger partial charge is 0.497 e. The van der Waals surface area contributed by atoms with Gasteiger partial charge in [-0.25, -0.2) is 0 Å². The first-order valence-electron chi connectivity index (χ1n) is 8.18. The first kappa shape index (κ1) is 19.9. The molecule has 3 N–H and O–H groups in total. The summed E-state index contributed by atoms with van der Waals surface area (Å²) in [4.78, 5) is 25.0. The van der Waals surface area contributed by atoms with Crippen LogP contribution in [0.2, 0.25) is 0 Å². The van der Waals surface area contributed by atoms with E-state index < -0.39 is 0 Å². The molecule has 0 aliphatic carbocycles. The number of quaternary nitrogens is 1. The number of hydrogen-bond acceptors (Lipinski definition) is 3. The number of halogens is 1. The molecule has 7 heteroatoms. The molecule has 26 heavy (non-hydrogen) atoms. The molecule has 2 aromatic rings. The summed E-state index contributed by atoms with van der Waals surface area (Å²) in [5, 5.41) is 5.66. The van der Waals surface area contributed by atoms with Crippen LogP contribution in [-0.4, -0.2) is 39.1 Å². The van der Waals surface area contributed by atoms with Gasteiger partial charge in [0.1, 0.15) is 5.75 Å². The summed E-state index contributed by atoms with van der Waals surface area (Å²) in [5.41, 5.74) is 2.48. The van der Waals surface area contributed by atoms with Crippen LogP contribution in [0, 0.1) is 6.92 Å². The molecule has 0 aliphatic heterocycles. The Morgan fingerprint density at radius 3 is 2.08 bits per heavy atom. The van der Waals surface area contributed by atoms with Crippen LogP contribution < -0.4 is 20.3 Å². The lowest BCUT2D eigenvalue weighted by atomic mass is 10.2. The lowest BCUT2D eigenvalue weighted by Gasteiger charge is -2.14. The van der Waals surface area contributed by atoms with E-state index in [-0.39, 0.29) is 24.9 Å². The second-order valence-electron chi connectivity index (χ2n) is 6.10. The number of rotatable bonds is 7. The van der Waals surface area contributed by atoms with E-state index in [0.717, 1.165) is 26.4 Å². The van der Waals surface area contributed by atoms with Crippen LogP contribution in [0.1, 0.15) is 5.56 Å². The van der Waals surface area contributed by atoms with E-state index in [9.17, 15) is 9.59 Å². The van der Waals surface area contributed by atoms with Gasteiger partial charge in [-0.15, -0.1) is 0 Å². The number of hydrogen-bond donors (Lipinski definition) is 3. The fraction of sp³-hybridized carbons (Fsp3) is 0.263. The Hall–Kier alpha value is -2.38. The van der Waals surface area contributed by atoms with E-state index in [1.165, 1.54) is 0 Å². The molecule has 138 valence electrons. The maximum atomic E-state index is 12.1. The number of anilines is 2. The lowest BCUT2D eigenvalue weighted by Crippen LogP contribution is -3.11. The molecule has 0 aliphatic rings. The first-order chi connectivity index (χ1) is 12.4. The van der Waals surface area contributed by atoms with Gasteiger partial charge >= 0.3 is 0 Å². The van der Waals surface area contributed by atoms with Crippen LogP contribution in [0.25, 0.3) is 0 Å². The number of ether oxygens (including phenoxy) is 1. The average molecular weight is 421 g/mol. The molecule has 2 amide bonds. The number of amides is 2. The van der Waals surface area contributed by atoms with E-state index in [1.54, 1.807) is 38.4 Å². The predicted octanol–water partition coefficient (Wildman–Crippen LogP) is 1.86. The third kappa shape index (κ3) is 6.16. The summed E-state index contributed by atoms with van der Waals surface area (Å²) in [6.45, 7) is 2.35. The molecule has 1 unspecified atom stereocenters. The monoisotopic (exact) mass is 420 g/mol. The zero-order valence-corrected chi connectivity index (χ0v) is 16.6. The Balaban J connectivity index is 1.80. The number of nitrogens with one attached hydrogen (secondary N) is 3. The number of benzene rings is 2. The highest BCUT2D eigenvalue weighted by atomic mass is 79.9. The van der Waals surface area contributed by atoms with Crippen molar-refractivity contribution >= 4 is 39.1 Å². The van der Waals surface area contributed by atoms with E-state index >= 15 is 0 Å². The summed E-state index contributed by atoms with van der Waals surface area (Å²) in [7, 11) is 3.40. The molecular weight excluding hydrogens is 398 g/mol. The van der Waals surface area contributed by atoms with Crippen molar-refractivity contribution < 1.29 is 19.2 Å².